The molecule has 4 nitrogen and oxygen atoms in total. The van der Waals surface area contributed by atoms with Gasteiger partial charge in [0.1, 0.15) is 16.4 Å². The quantitative estimate of drug-likeness (QED) is 0.788. The Kier molecular flexibility index (Phi) is 4.60. The van der Waals surface area contributed by atoms with E-state index in [0.29, 0.717) is 6.42 Å². The van der Waals surface area contributed by atoms with Crippen molar-refractivity contribution >= 4 is 31.3 Å². The van der Waals surface area contributed by atoms with Crippen molar-refractivity contribution in [3.63, 3.8) is 0 Å². The van der Waals surface area contributed by atoms with Gasteiger partial charge in [-0.3, -0.25) is 0 Å². The molecule has 0 saturated heterocycles. The zero-order valence-electron chi connectivity index (χ0n) is 11.3. The fourth-order valence-electron chi connectivity index (χ4n) is 1.97. The lowest BCUT2D eigenvalue weighted by Gasteiger charge is -2.04. The van der Waals surface area contributed by atoms with E-state index in [9.17, 15) is 12.8 Å². The average Bonchev–Trinajstić information content (AvgIpc) is 2.65. The Morgan fingerprint density at radius 1 is 1.33 bits per heavy atom. The van der Waals surface area contributed by atoms with E-state index in [1.165, 1.54) is 18.2 Å². The van der Waals surface area contributed by atoms with Crippen molar-refractivity contribution in [3.05, 3.63) is 40.9 Å². The Bertz CT molecular complexity index is 772. The van der Waals surface area contributed by atoms with Gasteiger partial charge in [0.2, 0.25) is 0 Å². The molecule has 0 radical (unpaired) electrons. The minimum Gasteiger partial charge on any atom is -0.218 e. The third-order valence-corrected chi connectivity index (χ3v) is 4.62. The summed E-state index contributed by atoms with van der Waals surface area (Å²) in [5, 5.41) is 3.91. The van der Waals surface area contributed by atoms with Crippen LogP contribution in [0.5, 0.6) is 0 Å². The van der Waals surface area contributed by atoms with Crippen molar-refractivity contribution in [2.45, 2.75) is 25.2 Å². The summed E-state index contributed by atoms with van der Waals surface area (Å²) in [6.45, 7) is 3.81. The molecule has 114 valence electrons. The smallest absolute Gasteiger partial charge is 0.218 e. The zero-order valence-corrected chi connectivity index (χ0v) is 13.7. The first-order chi connectivity index (χ1) is 9.71. The van der Waals surface area contributed by atoms with E-state index in [1.807, 2.05) is 13.8 Å². The first-order valence-corrected chi connectivity index (χ1v) is 8.87. The van der Waals surface area contributed by atoms with Gasteiger partial charge in [-0.2, -0.15) is 5.10 Å². The maximum absolute atomic E-state index is 13.9. The maximum Gasteiger partial charge on any atom is 0.266 e. The van der Waals surface area contributed by atoms with E-state index >= 15 is 0 Å². The lowest BCUT2D eigenvalue weighted by molar-refractivity contribution is 0.597. The summed E-state index contributed by atoms with van der Waals surface area (Å²) < 4.78 is 38.4. The fraction of sp³-hybridized carbons (Fsp3) is 0.308. The van der Waals surface area contributed by atoms with Crippen molar-refractivity contribution in [2.75, 3.05) is 0 Å². The van der Waals surface area contributed by atoms with Gasteiger partial charge in [-0.15, -0.1) is 0 Å². The Labute approximate surface area is 131 Å². The van der Waals surface area contributed by atoms with Gasteiger partial charge in [0.05, 0.1) is 5.69 Å². The molecule has 1 aromatic heterocycles. The first kappa shape index (κ1) is 16.3. The Hall–Kier alpha value is -1.11. The van der Waals surface area contributed by atoms with Crippen LogP contribution in [0.25, 0.3) is 5.69 Å². The first-order valence-electron chi connectivity index (χ1n) is 6.18. The average molecular weight is 351 g/mol. The summed E-state index contributed by atoms with van der Waals surface area (Å²) in [5.74, 6) is -0.418. The third kappa shape index (κ3) is 3.39. The van der Waals surface area contributed by atoms with E-state index in [-0.39, 0.29) is 27.3 Å². The van der Waals surface area contributed by atoms with Crippen LogP contribution in [0.15, 0.2) is 29.2 Å². The number of hydrogen-bond donors (Lipinski definition) is 0. The van der Waals surface area contributed by atoms with Crippen LogP contribution in [0.4, 0.5) is 4.39 Å². The molecule has 0 aliphatic rings. The van der Waals surface area contributed by atoms with Crippen LogP contribution in [-0.2, 0) is 15.5 Å². The van der Waals surface area contributed by atoms with Gasteiger partial charge in [0.15, 0.2) is 5.15 Å². The van der Waals surface area contributed by atoms with Gasteiger partial charge in [-0.25, -0.2) is 17.5 Å². The van der Waals surface area contributed by atoms with Crippen molar-refractivity contribution in [1.82, 2.24) is 9.78 Å². The molecular weight excluding hydrogens is 338 g/mol. The molecule has 0 aliphatic heterocycles. The van der Waals surface area contributed by atoms with Crippen molar-refractivity contribution in [3.8, 4) is 5.69 Å². The summed E-state index contributed by atoms with van der Waals surface area (Å²) in [7, 11) is 1.36. The summed E-state index contributed by atoms with van der Waals surface area (Å²) in [6.07, 6.45) is 0.364. The monoisotopic (exact) mass is 350 g/mol. The molecule has 0 amide bonds. The van der Waals surface area contributed by atoms with Crippen LogP contribution in [0.2, 0.25) is 5.15 Å². The number of aromatic nitrogens is 2. The second-order valence-electron chi connectivity index (χ2n) is 4.97. The van der Waals surface area contributed by atoms with E-state index in [4.69, 9.17) is 22.3 Å². The van der Waals surface area contributed by atoms with Gasteiger partial charge in [-0.05, 0) is 24.5 Å². The summed E-state index contributed by atoms with van der Waals surface area (Å²) in [6, 6.07) is 5.82. The number of halogens is 3. The molecule has 2 rings (SSSR count). The van der Waals surface area contributed by atoms with Gasteiger partial charge in [0.25, 0.3) is 9.05 Å². The molecule has 0 bridgehead atoms. The van der Waals surface area contributed by atoms with E-state index < -0.39 is 14.9 Å². The maximum atomic E-state index is 13.9. The number of rotatable bonds is 4. The molecule has 0 N–H and O–H groups in total. The molecule has 21 heavy (non-hydrogen) atoms. The van der Waals surface area contributed by atoms with Crippen LogP contribution in [-0.4, -0.2) is 18.2 Å². The molecule has 0 spiro atoms. The summed E-state index contributed by atoms with van der Waals surface area (Å²) >= 11 is 6.07. The topological polar surface area (TPSA) is 52.0 Å². The zero-order chi connectivity index (χ0) is 15.8. The second-order valence-corrected chi connectivity index (χ2v) is 7.83. The third-order valence-electron chi connectivity index (χ3n) is 2.78. The summed E-state index contributed by atoms with van der Waals surface area (Å²) in [4.78, 5) is -0.261. The van der Waals surface area contributed by atoms with Crippen molar-refractivity contribution in [1.29, 1.82) is 0 Å². The summed E-state index contributed by atoms with van der Waals surface area (Å²) in [5.41, 5.74) is 0.298. The fourth-order valence-corrected chi connectivity index (χ4v) is 3.81. The number of nitrogens with zero attached hydrogens (tertiary/aromatic N) is 2. The Morgan fingerprint density at radius 3 is 2.48 bits per heavy atom. The standard InChI is InChI=1S/C13H13Cl2FN2O2S/c1-8(2)7-10-12(21(15,19)20)13(14)18(17-10)11-6-4-3-5-9(11)16/h3-6,8H,7H2,1-2H3. The van der Waals surface area contributed by atoms with Crippen LogP contribution < -0.4 is 0 Å². The predicted molar refractivity (Wildman–Crippen MR) is 80.1 cm³/mol. The largest absolute Gasteiger partial charge is 0.266 e. The lowest BCUT2D eigenvalue weighted by atomic mass is 10.1. The van der Waals surface area contributed by atoms with Gasteiger partial charge >= 0.3 is 0 Å². The van der Waals surface area contributed by atoms with Crippen LogP contribution in [0.1, 0.15) is 19.5 Å². The van der Waals surface area contributed by atoms with Gasteiger partial charge in [0, 0.05) is 10.7 Å². The normalized spacial score (nSPS) is 12.1. The van der Waals surface area contributed by atoms with E-state index in [0.717, 1.165) is 4.68 Å². The molecule has 0 saturated carbocycles. The highest BCUT2D eigenvalue weighted by atomic mass is 35.7. The minimum absolute atomic E-state index is 0.0686. The minimum atomic E-state index is -4.08. The molecule has 0 atom stereocenters. The molecule has 2 aromatic rings. The van der Waals surface area contributed by atoms with Crippen LogP contribution >= 0.6 is 22.3 Å². The molecule has 0 fully saturated rings. The molecule has 0 unspecified atom stereocenters. The van der Waals surface area contributed by atoms with E-state index in [2.05, 4.69) is 5.10 Å². The van der Waals surface area contributed by atoms with Crippen molar-refractivity contribution in [2.24, 2.45) is 5.92 Å². The second kappa shape index (κ2) is 5.94. The highest BCUT2D eigenvalue weighted by molar-refractivity contribution is 8.13. The highest BCUT2D eigenvalue weighted by Gasteiger charge is 2.28. The highest BCUT2D eigenvalue weighted by Crippen LogP contribution is 2.32. The van der Waals surface area contributed by atoms with Crippen LogP contribution in [0.3, 0.4) is 0 Å². The molecule has 0 aliphatic carbocycles. The molecular formula is C13H13Cl2FN2O2S. The molecule has 8 heteroatoms. The lowest BCUT2D eigenvalue weighted by Crippen LogP contribution is -2.02. The molecule has 1 aromatic carbocycles. The predicted octanol–water partition coefficient (Wildman–Crippen LogP) is 3.79. The molecule has 1 heterocycles. The SMILES string of the molecule is CC(C)Cc1nn(-c2ccccc2F)c(Cl)c1S(=O)(=O)Cl. The van der Waals surface area contributed by atoms with Gasteiger partial charge < -0.3 is 0 Å². The number of benzene rings is 1. The Morgan fingerprint density at radius 2 is 1.95 bits per heavy atom. The number of hydrogen-bond acceptors (Lipinski definition) is 3. The number of para-hydroxylation sites is 1. The van der Waals surface area contributed by atoms with Crippen molar-refractivity contribution < 1.29 is 12.8 Å². The van der Waals surface area contributed by atoms with E-state index in [1.54, 1.807) is 6.07 Å². The van der Waals surface area contributed by atoms with Gasteiger partial charge in [-0.1, -0.05) is 37.6 Å². The Balaban J connectivity index is 2.71. The van der Waals surface area contributed by atoms with Crippen LogP contribution in [0, 0.1) is 11.7 Å².